The molecule has 1 aliphatic heterocycles. The number of aliphatic imine (C=N–C) groups is 1. The molecular weight excluding hydrogens is 355 g/mol. The lowest BCUT2D eigenvalue weighted by Crippen LogP contribution is -2.22. The van der Waals surface area contributed by atoms with Crippen molar-refractivity contribution in [1.29, 1.82) is 0 Å². The number of nitrogens with two attached hydrogens (primary N) is 1. The number of nitrogens with zero attached hydrogens (tertiary/aromatic N) is 1. The van der Waals surface area contributed by atoms with Crippen molar-refractivity contribution in [2.45, 2.75) is 39.0 Å². The maximum absolute atomic E-state index is 14.0. The minimum absolute atomic E-state index is 0.181. The molecule has 0 bridgehead atoms. The molecule has 1 aromatic rings. The van der Waals surface area contributed by atoms with Crippen LogP contribution in [0.15, 0.2) is 35.2 Å². The van der Waals surface area contributed by atoms with Gasteiger partial charge in [-0.15, -0.1) is 11.8 Å². The van der Waals surface area contributed by atoms with Crippen molar-refractivity contribution in [3.05, 3.63) is 41.5 Å². The third kappa shape index (κ3) is 6.68. The fourth-order valence-electron chi connectivity index (χ4n) is 2.34. The number of ether oxygens (including phenoxy) is 1. The van der Waals surface area contributed by atoms with Crippen LogP contribution in [0.1, 0.15) is 32.8 Å². The maximum atomic E-state index is 14.0. The molecule has 0 aliphatic carbocycles. The van der Waals surface area contributed by atoms with Gasteiger partial charge < -0.3 is 21.1 Å². The van der Waals surface area contributed by atoms with E-state index in [1.807, 2.05) is 20.8 Å². The van der Waals surface area contributed by atoms with E-state index in [1.165, 1.54) is 12.1 Å². The number of allylic oxidation sites excluding steroid dienone is 1. The highest BCUT2D eigenvalue weighted by Crippen LogP contribution is 2.33. The van der Waals surface area contributed by atoms with Gasteiger partial charge in [0.1, 0.15) is 12.1 Å². The molecule has 2 rings (SSSR count). The molecule has 144 valence electrons. The van der Waals surface area contributed by atoms with Crippen LogP contribution < -0.4 is 16.4 Å². The van der Waals surface area contributed by atoms with E-state index in [4.69, 9.17) is 10.5 Å². The summed E-state index contributed by atoms with van der Waals surface area (Å²) in [6.07, 6.45) is 3.09. The molecule has 1 aliphatic rings. The third-order valence-electron chi connectivity index (χ3n) is 3.85. The molecule has 2 unspecified atom stereocenters. The molecule has 0 saturated heterocycles. The van der Waals surface area contributed by atoms with Gasteiger partial charge in [-0.1, -0.05) is 0 Å². The van der Waals surface area contributed by atoms with Gasteiger partial charge >= 0.3 is 0 Å². The number of rotatable bonds is 8. The fraction of sp³-hybridized carbons (Fsp3) is 0.444. The van der Waals surface area contributed by atoms with Crippen molar-refractivity contribution in [3.63, 3.8) is 0 Å². The van der Waals surface area contributed by atoms with Crippen LogP contribution in [0.25, 0.3) is 0 Å². The molecule has 2 atom stereocenters. The fourth-order valence-corrected chi connectivity index (χ4v) is 3.05. The predicted octanol–water partition coefficient (Wildman–Crippen LogP) is 3.16. The Balaban J connectivity index is 0.000000401. The van der Waals surface area contributed by atoms with E-state index >= 15 is 0 Å². The summed E-state index contributed by atoms with van der Waals surface area (Å²) in [5.41, 5.74) is 6.76. The molecule has 8 heteroatoms. The van der Waals surface area contributed by atoms with E-state index < -0.39 is 5.54 Å². The number of hydrogen-bond acceptors (Lipinski definition) is 6. The highest BCUT2D eigenvalue weighted by molar-refractivity contribution is 7.99. The average molecular weight is 383 g/mol. The van der Waals surface area contributed by atoms with Crippen LogP contribution in [0.4, 0.5) is 10.1 Å². The van der Waals surface area contributed by atoms with Crippen molar-refractivity contribution in [2.75, 3.05) is 16.9 Å². The van der Waals surface area contributed by atoms with Gasteiger partial charge in [0.05, 0.1) is 5.54 Å². The molecule has 1 aromatic carbocycles. The number of hydrogen-bond donors (Lipinski definition) is 3. The first-order chi connectivity index (χ1) is 12.4. The Morgan fingerprint density at radius 3 is 2.77 bits per heavy atom. The number of halogens is 1. The molecule has 0 radical (unpaired) electrons. The molecule has 6 nitrogen and oxygen atoms in total. The highest BCUT2D eigenvalue weighted by Gasteiger charge is 2.27. The second-order valence-corrected chi connectivity index (χ2v) is 7.09. The third-order valence-corrected chi connectivity index (χ3v) is 4.58. The van der Waals surface area contributed by atoms with Crippen LogP contribution in [0.3, 0.4) is 0 Å². The Kier molecular flexibility index (Phi) is 9.15. The zero-order chi connectivity index (χ0) is 19.6. The number of nitrogens with one attached hydrogen (secondary N) is 2. The standard InChI is InChI=1S/C13H18FN3OS.C5H9NO/c1-13(16-2,5-6-19-8-15)11-7-10(17-9-18)3-4-12(11)14;1-4-3-7-5(2)6-4/h3-4,7,9H,2,5-6,8,15H2,1H3,(H,17,18);3,5-6H,1-2H3. The van der Waals surface area contributed by atoms with E-state index in [1.54, 1.807) is 24.1 Å². The molecule has 1 amide bonds. The Morgan fingerprint density at radius 1 is 1.58 bits per heavy atom. The number of carbonyl (C=O) groups excluding carboxylic acids is 1. The van der Waals surface area contributed by atoms with Crippen LogP contribution in [0.2, 0.25) is 0 Å². The van der Waals surface area contributed by atoms with Gasteiger partial charge in [-0.25, -0.2) is 4.39 Å². The summed E-state index contributed by atoms with van der Waals surface area (Å²) < 4.78 is 19.0. The van der Waals surface area contributed by atoms with Crippen LogP contribution in [-0.4, -0.2) is 31.0 Å². The largest absolute Gasteiger partial charge is 0.477 e. The minimum Gasteiger partial charge on any atom is -0.477 e. The Bertz CT molecular complexity index is 642. The van der Waals surface area contributed by atoms with Gasteiger partial charge in [-0.2, -0.15) is 0 Å². The van der Waals surface area contributed by atoms with E-state index in [0.29, 0.717) is 30.0 Å². The number of anilines is 1. The van der Waals surface area contributed by atoms with Crippen molar-refractivity contribution in [2.24, 2.45) is 10.7 Å². The van der Waals surface area contributed by atoms with E-state index in [9.17, 15) is 9.18 Å². The zero-order valence-corrected chi connectivity index (χ0v) is 16.2. The van der Waals surface area contributed by atoms with E-state index in [2.05, 4.69) is 22.3 Å². The molecule has 0 aromatic heterocycles. The van der Waals surface area contributed by atoms with Crippen molar-refractivity contribution < 1.29 is 13.9 Å². The Morgan fingerprint density at radius 2 is 2.31 bits per heavy atom. The first-order valence-electron chi connectivity index (χ1n) is 8.21. The Hall–Kier alpha value is -2.06. The number of amides is 1. The number of carbonyl (C=O) groups is 1. The summed E-state index contributed by atoms with van der Waals surface area (Å²) >= 11 is 1.56. The lowest BCUT2D eigenvalue weighted by atomic mass is 9.89. The summed E-state index contributed by atoms with van der Waals surface area (Å²) in [6.45, 7) is 9.32. The van der Waals surface area contributed by atoms with Gasteiger partial charge in [0.2, 0.25) is 6.41 Å². The van der Waals surface area contributed by atoms with Gasteiger partial charge in [0.15, 0.2) is 6.23 Å². The molecule has 0 spiro atoms. The topological polar surface area (TPSA) is 88.7 Å². The van der Waals surface area contributed by atoms with Crippen LogP contribution in [-0.2, 0) is 15.1 Å². The van der Waals surface area contributed by atoms with Gasteiger partial charge in [-0.3, -0.25) is 9.79 Å². The first kappa shape index (κ1) is 22.0. The summed E-state index contributed by atoms with van der Waals surface area (Å²) in [5, 5.41) is 5.56. The predicted molar refractivity (Wildman–Crippen MR) is 107 cm³/mol. The van der Waals surface area contributed by atoms with E-state index in [0.717, 1.165) is 11.4 Å². The first-order valence-corrected chi connectivity index (χ1v) is 9.36. The second kappa shape index (κ2) is 10.8. The summed E-state index contributed by atoms with van der Waals surface area (Å²) in [7, 11) is 0. The van der Waals surface area contributed by atoms with Crippen molar-refractivity contribution in [1.82, 2.24) is 5.32 Å². The normalized spacial score (nSPS) is 17.6. The van der Waals surface area contributed by atoms with Gasteiger partial charge in [-0.05, 0) is 57.9 Å². The molecular formula is C18H27FN4O2S. The van der Waals surface area contributed by atoms with Crippen molar-refractivity contribution in [3.8, 4) is 0 Å². The van der Waals surface area contributed by atoms with Crippen LogP contribution >= 0.6 is 11.8 Å². The average Bonchev–Trinajstić information content (AvgIpc) is 3.00. The molecule has 26 heavy (non-hydrogen) atoms. The quantitative estimate of drug-likeness (QED) is 0.278. The summed E-state index contributed by atoms with van der Waals surface area (Å²) in [5.74, 6) is 0.920. The van der Waals surface area contributed by atoms with Gasteiger partial charge in [0.25, 0.3) is 0 Å². The lowest BCUT2D eigenvalue weighted by molar-refractivity contribution is -0.105. The zero-order valence-electron chi connectivity index (χ0n) is 15.4. The minimum atomic E-state index is -0.729. The molecule has 1 heterocycles. The lowest BCUT2D eigenvalue weighted by Gasteiger charge is -2.26. The summed E-state index contributed by atoms with van der Waals surface area (Å²) in [6, 6.07) is 4.41. The maximum Gasteiger partial charge on any atom is 0.211 e. The summed E-state index contributed by atoms with van der Waals surface area (Å²) in [4.78, 5) is 14.5. The number of thioether (sulfide) groups is 1. The molecule has 0 saturated carbocycles. The van der Waals surface area contributed by atoms with Crippen molar-refractivity contribution >= 4 is 30.6 Å². The van der Waals surface area contributed by atoms with Crippen LogP contribution in [0.5, 0.6) is 0 Å². The Labute approximate surface area is 158 Å². The number of benzene rings is 1. The smallest absolute Gasteiger partial charge is 0.211 e. The van der Waals surface area contributed by atoms with Crippen LogP contribution in [0, 0.1) is 5.82 Å². The highest BCUT2D eigenvalue weighted by atomic mass is 32.2. The van der Waals surface area contributed by atoms with E-state index in [-0.39, 0.29) is 12.0 Å². The second-order valence-electron chi connectivity index (χ2n) is 5.94. The molecule has 0 fully saturated rings. The SMILES string of the molecule is C=NC(C)(CCSCN)c1cc(NC=O)ccc1F.CC1=COC(C)N1. The monoisotopic (exact) mass is 382 g/mol. The van der Waals surface area contributed by atoms with Gasteiger partial charge in [0, 0.05) is 22.8 Å². The molecule has 4 N–H and O–H groups in total.